The lowest BCUT2D eigenvalue weighted by molar-refractivity contribution is -0.133. The van der Waals surface area contributed by atoms with E-state index in [-0.39, 0.29) is 5.91 Å². The minimum Gasteiger partial charge on any atom is -0.341 e. The number of carbonyl (C=O) groups excluding carboxylic acids is 1. The monoisotopic (exact) mass is 500 g/mol. The summed E-state index contributed by atoms with van der Waals surface area (Å²) in [6.07, 6.45) is 3.75. The average molecular weight is 501 g/mol. The molecular formula is C28H36N8O. The summed E-state index contributed by atoms with van der Waals surface area (Å²) in [4.78, 5) is 29.6. The van der Waals surface area contributed by atoms with Gasteiger partial charge in [0, 0.05) is 43.0 Å². The first-order valence-electron chi connectivity index (χ1n) is 13.2. The Morgan fingerprint density at radius 2 is 1.97 bits per heavy atom. The Labute approximate surface area is 217 Å². The molecule has 9 nitrogen and oxygen atoms in total. The summed E-state index contributed by atoms with van der Waals surface area (Å²) in [6, 6.07) is 12.0. The van der Waals surface area contributed by atoms with E-state index < -0.39 is 0 Å². The van der Waals surface area contributed by atoms with Crippen LogP contribution in [0.5, 0.6) is 0 Å². The van der Waals surface area contributed by atoms with Crippen molar-refractivity contribution in [3.63, 3.8) is 0 Å². The van der Waals surface area contributed by atoms with Crippen LogP contribution in [-0.4, -0.2) is 53.6 Å². The van der Waals surface area contributed by atoms with Crippen LogP contribution in [0.3, 0.4) is 0 Å². The maximum absolute atomic E-state index is 13.5. The molecule has 3 aromatic heterocycles. The zero-order chi connectivity index (χ0) is 25.9. The first kappa shape index (κ1) is 24.9. The van der Waals surface area contributed by atoms with Gasteiger partial charge < -0.3 is 14.8 Å². The number of para-hydroxylation sites is 2. The van der Waals surface area contributed by atoms with E-state index in [1.54, 1.807) is 0 Å². The number of amides is 1. The molecule has 4 aromatic rings. The van der Waals surface area contributed by atoms with Crippen molar-refractivity contribution in [2.75, 3.05) is 18.4 Å². The number of nitrogens with zero attached hydrogens (tertiary/aromatic N) is 6. The van der Waals surface area contributed by atoms with Gasteiger partial charge in [0.2, 0.25) is 5.91 Å². The average Bonchev–Trinajstić information content (AvgIpc) is 3.41. The zero-order valence-corrected chi connectivity index (χ0v) is 22.2. The maximum atomic E-state index is 13.5. The molecule has 2 N–H and O–H groups in total. The van der Waals surface area contributed by atoms with Crippen LogP contribution in [-0.2, 0) is 24.2 Å². The van der Waals surface area contributed by atoms with Gasteiger partial charge in [0.1, 0.15) is 24.0 Å². The summed E-state index contributed by atoms with van der Waals surface area (Å²) in [6.45, 7) is 10.1. The Kier molecular flexibility index (Phi) is 7.21. The van der Waals surface area contributed by atoms with Crippen molar-refractivity contribution in [1.29, 1.82) is 0 Å². The lowest BCUT2D eigenvalue weighted by atomic mass is 9.93. The Morgan fingerprint density at radius 3 is 2.76 bits per heavy atom. The summed E-state index contributed by atoms with van der Waals surface area (Å²) in [5.74, 6) is 4.18. The van der Waals surface area contributed by atoms with Crippen molar-refractivity contribution in [2.45, 2.75) is 59.9 Å². The number of aryl methyl sites for hydroxylation is 2. The first-order valence-corrected chi connectivity index (χ1v) is 13.2. The molecule has 9 heteroatoms. The molecule has 1 aromatic carbocycles. The molecule has 1 fully saturated rings. The molecule has 0 unspecified atom stereocenters. The molecule has 1 saturated heterocycles. The van der Waals surface area contributed by atoms with E-state index in [4.69, 9.17) is 4.98 Å². The highest BCUT2D eigenvalue weighted by Crippen LogP contribution is 2.24. The van der Waals surface area contributed by atoms with Gasteiger partial charge in [-0.2, -0.15) is 5.10 Å². The lowest BCUT2D eigenvalue weighted by Gasteiger charge is -2.33. The summed E-state index contributed by atoms with van der Waals surface area (Å²) in [5, 5.41) is 10.4. The molecule has 37 heavy (non-hydrogen) atoms. The minimum absolute atomic E-state index is 0.160. The molecule has 0 bridgehead atoms. The fraction of sp³-hybridized carbons (Fsp3) is 0.464. The fourth-order valence-corrected chi connectivity index (χ4v) is 5.22. The van der Waals surface area contributed by atoms with Crippen LogP contribution in [0.4, 0.5) is 11.6 Å². The highest BCUT2D eigenvalue weighted by Gasteiger charge is 2.26. The van der Waals surface area contributed by atoms with E-state index in [0.29, 0.717) is 18.4 Å². The van der Waals surface area contributed by atoms with E-state index in [0.717, 1.165) is 84.5 Å². The molecule has 0 aliphatic carbocycles. The van der Waals surface area contributed by atoms with Crippen molar-refractivity contribution >= 4 is 28.6 Å². The standard InChI is InChI=1S/C28H36N8O/c1-18(2)12-27-31-23-9-5-6-10-24(23)36(27)17-28(37)35-11-7-8-21(16-35)14-22-15-25(30-20(4)29-22)32-26-13-19(3)33-34-26/h5-6,9-10,13,15,18,21H,7-8,11-12,14,16-17H2,1-4H3,(H2,29,30,32,33,34)/t21-/m0/s1. The molecule has 0 spiro atoms. The molecule has 194 valence electrons. The number of fused-ring (bicyclic) bond motifs is 1. The maximum Gasteiger partial charge on any atom is 0.242 e. The van der Waals surface area contributed by atoms with Gasteiger partial charge in [0.05, 0.1) is 11.0 Å². The van der Waals surface area contributed by atoms with Crippen molar-refractivity contribution < 1.29 is 4.79 Å². The van der Waals surface area contributed by atoms with Crippen molar-refractivity contribution in [3.8, 4) is 0 Å². The number of aromatic amines is 1. The van der Waals surface area contributed by atoms with Crippen LogP contribution < -0.4 is 5.32 Å². The van der Waals surface area contributed by atoms with Crippen LogP contribution in [0.15, 0.2) is 36.4 Å². The lowest BCUT2D eigenvalue weighted by Crippen LogP contribution is -2.42. The molecule has 0 saturated carbocycles. The van der Waals surface area contributed by atoms with Gasteiger partial charge in [0.25, 0.3) is 0 Å². The van der Waals surface area contributed by atoms with E-state index in [2.05, 4.69) is 50.0 Å². The number of likely N-dealkylation sites (tertiary alicyclic amines) is 1. The number of piperidine rings is 1. The largest absolute Gasteiger partial charge is 0.341 e. The number of nitrogens with one attached hydrogen (secondary N) is 2. The quantitative estimate of drug-likeness (QED) is 0.367. The fourth-order valence-electron chi connectivity index (χ4n) is 5.22. The second-order valence-corrected chi connectivity index (χ2v) is 10.6. The van der Waals surface area contributed by atoms with Crippen LogP contribution in [0, 0.1) is 25.7 Å². The topological polar surface area (TPSA) is 105 Å². The molecule has 1 aliphatic heterocycles. The Hall–Kier alpha value is -3.75. The molecule has 4 heterocycles. The number of carbonyl (C=O) groups is 1. The third kappa shape index (κ3) is 5.98. The van der Waals surface area contributed by atoms with Gasteiger partial charge >= 0.3 is 0 Å². The first-order chi connectivity index (χ1) is 17.8. The third-order valence-corrected chi connectivity index (χ3v) is 6.84. The normalized spacial score (nSPS) is 16.0. The summed E-state index contributed by atoms with van der Waals surface area (Å²) in [5.41, 5.74) is 3.96. The zero-order valence-electron chi connectivity index (χ0n) is 22.2. The number of aromatic nitrogens is 6. The van der Waals surface area contributed by atoms with Gasteiger partial charge in [-0.1, -0.05) is 26.0 Å². The molecule has 0 radical (unpaired) electrons. The number of H-pyrrole nitrogens is 1. The molecule has 1 amide bonds. The van der Waals surface area contributed by atoms with E-state index in [9.17, 15) is 4.79 Å². The Bertz CT molecular complexity index is 1390. The summed E-state index contributed by atoms with van der Waals surface area (Å²) in [7, 11) is 0. The number of anilines is 2. The molecule has 1 atom stereocenters. The number of hydrogen-bond donors (Lipinski definition) is 2. The van der Waals surface area contributed by atoms with E-state index in [1.807, 2.05) is 49.1 Å². The van der Waals surface area contributed by atoms with Crippen LogP contribution in [0.25, 0.3) is 11.0 Å². The van der Waals surface area contributed by atoms with Gasteiger partial charge in [-0.05, 0) is 57.1 Å². The van der Waals surface area contributed by atoms with Gasteiger partial charge in [0.15, 0.2) is 5.82 Å². The molecular weight excluding hydrogens is 464 g/mol. The highest BCUT2D eigenvalue weighted by molar-refractivity contribution is 5.81. The summed E-state index contributed by atoms with van der Waals surface area (Å²) >= 11 is 0. The van der Waals surface area contributed by atoms with Crippen molar-refractivity contribution in [3.05, 3.63) is 59.4 Å². The summed E-state index contributed by atoms with van der Waals surface area (Å²) < 4.78 is 2.11. The smallest absolute Gasteiger partial charge is 0.242 e. The van der Waals surface area contributed by atoms with Crippen LogP contribution in [0.1, 0.15) is 49.7 Å². The molecule has 1 aliphatic rings. The number of rotatable bonds is 8. The number of benzene rings is 1. The second kappa shape index (κ2) is 10.7. The Morgan fingerprint density at radius 1 is 1.14 bits per heavy atom. The van der Waals surface area contributed by atoms with Crippen LogP contribution in [0.2, 0.25) is 0 Å². The van der Waals surface area contributed by atoms with Crippen molar-refractivity contribution in [2.24, 2.45) is 11.8 Å². The van der Waals surface area contributed by atoms with E-state index >= 15 is 0 Å². The van der Waals surface area contributed by atoms with Gasteiger partial charge in [-0.15, -0.1) is 0 Å². The minimum atomic E-state index is 0.160. The Balaban J connectivity index is 1.27. The van der Waals surface area contributed by atoms with Crippen molar-refractivity contribution in [1.82, 2.24) is 34.6 Å². The second-order valence-electron chi connectivity index (χ2n) is 10.6. The predicted molar refractivity (Wildman–Crippen MR) is 145 cm³/mol. The molecule has 5 rings (SSSR count). The highest BCUT2D eigenvalue weighted by atomic mass is 16.2. The van der Waals surface area contributed by atoms with Gasteiger partial charge in [-0.3, -0.25) is 9.89 Å². The SMILES string of the molecule is Cc1nc(C[C@@H]2CCCN(C(=O)Cn3c(CC(C)C)nc4ccccc43)C2)cc(Nc2cc(C)[nH]n2)n1. The van der Waals surface area contributed by atoms with Gasteiger partial charge in [-0.25, -0.2) is 15.0 Å². The number of hydrogen-bond acceptors (Lipinski definition) is 6. The number of imidazole rings is 1. The third-order valence-electron chi connectivity index (χ3n) is 6.84. The van der Waals surface area contributed by atoms with Crippen LogP contribution >= 0.6 is 0 Å². The predicted octanol–water partition coefficient (Wildman–Crippen LogP) is 4.59. The van der Waals surface area contributed by atoms with E-state index in [1.165, 1.54) is 0 Å².